The van der Waals surface area contributed by atoms with E-state index in [0.29, 0.717) is 5.92 Å². The molecule has 0 radical (unpaired) electrons. The third-order valence-electron chi connectivity index (χ3n) is 8.33. The van der Waals surface area contributed by atoms with Crippen molar-refractivity contribution in [3.8, 4) is 0 Å². The highest BCUT2D eigenvalue weighted by atomic mass is 16.2. The molecule has 3 heterocycles. The molecule has 7 nitrogen and oxygen atoms in total. The number of fused-ring (bicyclic) bond motifs is 1. The first-order valence-electron chi connectivity index (χ1n) is 14.5. The minimum absolute atomic E-state index is 0.0779. The quantitative estimate of drug-likeness (QED) is 0.452. The van der Waals surface area contributed by atoms with Crippen molar-refractivity contribution in [2.75, 3.05) is 56.0 Å². The molecular formula is C32H41N5O2. The summed E-state index contributed by atoms with van der Waals surface area (Å²) >= 11 is 0. The van der Waals surface area contributed by atoms with E-state index >= 15 is 0 Å². The third kappa shape index (κ3) is 6.95. The van der Waals surface area contributed by atoms with E-state index in [4.69, 9.17) is 4.98 Å². The number of nitrogens with one attached hydrogen (secondary N) is 1. The molecule has 2 saturated heterocycles. The lowest BCUT2D eigenvalue weighted by Crippen LogP contribution is -2.46. The zero-order valence-corrected chi connectivity index (χ0v) is 23.4. The summed E-state index contributed by atoms with van der Waals surface area (Å²) in [6.45, 7) is 11.1. The maximum absolute atomic E-state index is 12.8. The number of aromatic nitrogens is 1. The molecule has 39 heavy (non-hydrogen) atoms. The van der Waals surface area contributed by atoms with Crippen molar-refractivity contribution in [1.82, 2.24) is 14.8 Å². The highest BCUT2D eigenvalue weighted by molar-refractivity contribution is 5.96. The van der Waals surface area contributed by atoms with Crippen LogP contribution in [0.15, 0.2) is 54.6 Å². The topological polar surface area (TPSA) is 68.8 Å². The molecule has 2 aliphatic rings. The summed E-state index contributed by atoms with van der Waals surface area (Å²) in [4.78, 5) is 37.1. The molecule has 2 amide bonds. The van der Waals surface area contributed by atoms with Crippen LogP contribution in [0, 0.1) is 12.8 Å². The smallest absolute Gasteiger partial charge is 0.224 e. The van der Waals surface area contributed by atoms with Crippen molar-refractivity contribution >= 4 is 34.2 Å². The van der Waals surface area contributed by atoms with Crippen LogP contribution in [0.1, 0.15) is 43.7 Å². The van der Waals surface area contributed by atoms with E-state index in [2.05, 4.69) is 59.3 Å². The number of aryl methyl sites for hydroxylation is 1. The van der Waals surface area contributed by atoms with Gasteiger partial charge < -0.3 is 20.0 Å². The Labute approximate surface area is 232 Å². The molecule has 0 bridgehead atoms. The van der Waals surface area contributed by atoms with E-state index in [1.807, 2.05) is 29.2 Å². The number of likely N-dealkylation sites (N-methyl/N-ethyl adjacent to an activating group) is 1. The number of amides is 2. The third-order valence-corrected chi connectivity index (χ3v) is 8.33. The molecule has 2 fully saturated rings. The second-order valence-electron chi connectivity index (χ2n) is 11.0. The van der Waals surface area contributed by atoms with Crippen molar-refractivity contribution in [1.29, 1.82) is 0 Å². The molecule has 3 aromatic rings. The van der Waals surface area contributed by atoms with Gasteiger partial charge in [-0.2, -0.15) is 0 Å². The van der Waals surface area contributed by atoms with Crippen LogP contribution in [0.2, 0.25) is 0 Å². The van der Waals surface area contributed by atoms with Gasteiger partial charge in [-0.1, -0.05) is 37.3 Å². The molecule has 2 aliphatic heterocycles. The minimum Gasteiger partial charge on any atom is -0.354 e. The van der Waals surface area contributed by atoms with Crippen LogP contribution in [0.3, 0.4) is 0 Å². The standard InChI is InChI=1S/C32H41N5O2/c1-3-35-17-19-36(20-18-35)30-21-24(2)28-23-27(9-10-29(28)34-30)33-31(38)11-12-32(39)37-15-13-26(14-16-37)22-25-7-5-4-6-8-25/h4-10,21,23,26H,3,11-20,22H2,1-2H3,(H,33,38). The van der Waals surface area contributed by atoms with Gasteiger partial charge in [0.1, 0.15) is 5.82 Å². The molecule has 206 valence electrons. The maximum atomic E-state index is 12.8. The van der Waals surface area contributed by atoms with E-state index < -0.39 is 0 Å². The molecule has 0 atom stereocenters. The van der Waals surface area contributed by atoms with Crippen molar-refractivity contribution in [3.05, 3.63) is 65.7 Å². The number of nitrogens with zero attached hydrogens (tertiary/aromatic N) is 4. The lowest BCUT2D eigenvalue weighted by Gasteiger charge is -2.35. The molecule has 0 saturated carbocycles. The number of hydrogen-bond donors (Lipinski definition) is 1. The van der Waals surface area contributed by atoms with Crippen LogP contribution in [0.25, 0.3) is 10.9 Å². The fourth-order valence-electron chi connectivity index (χ4n) is 5.85. The van der Waals surface area contributed by atoms with Crippen molar-refractivity contribution in [2.45, 2.75) is 46.0 Å². The summed E-state index contributed by atoms with van der Waals surface area (Å²) in [6, 6.07) is 18.6. The maximum Gasteiger partial charge on any atom is 0.224 e. The summed E-state index contributed by atoms with van der Waals surface area (Å²) in [7, 11) is 0. The molecule has 1 N–H and O–H groups in total. The molecule has 5 rings (SSSR count). The van der Waals surface area contributed by atoms with Gasteiger partial charge in [0.05, 0.1) is 5.52 Å². The second kappa shape index (κ2) is 12.6. The summed E-state index contributed by atoms with van der Waals surface area (Å²) in [5, 5.41) is 4.03. The van der Waals surface area contributed by atoms with Gasteiger partial charge in [0.2, 0.25) is 11.8 Å². The van der Waals surface area contributed by atoms with E-state index in [-0.39, 0.29) is 24.7 Å². The lowest BCUT2D eigenvalue weighted by molar-refractivity contribution is -0.134. The van der Waals surface area contributed by atoms with E-state index in [1.165, 1.54) is 5.56 Å². The van der Waals surface area contributed by atoms with Gasteiger partial charge in [0.25, 0.3) is 0 Å². The van der Waals surface area contributed by atoms with Crippen molar-refractivity contribution in [2.24, 2.45) is 5.92 Å². The average Bonchev–Trinajstić information content (AvgIpc) is 2.97. The van der Waals surface area contributed by atoms with Gasteiger partial charge in [0, 0.05) is 63.2 Å². The second-order valence-corrected chi connectivity index (χ2v) is 11.0. The SMILES string of the molecule is CCN1CCN(c2cc(C)c3cc(NC(=O)CCC(=O)N4CCC(Cc5ccccc5)CC4)ccc3n2)CC1. The highest BCUT2D eigenvalue weighted by Crippen LogP contribution is 2.26. The molecule has 0 unspecified atom stereocenters. The minimum atomic E-state index is -0.127. The zero-order valence-electron chi connectivity index (χ0n) is 23.4. The molecule has 2 aromatic carbocycles. The van der Waals surface area contributed by atoms with Gasteiger partial charge in [-0.05, 0) is 74.0 Å². The van der Waals surface area contributed by atoms with Crippen LogP contribution in [-0.4, -0.2) is 72.4 Å². The van der Waals surface area contributed by atoms with Gasteiger partial charge >= 0.3 is 0 Å². The fraction of sp³-hybridized carbons (Fsp3) is 0.469. The van der Waals surface area contributed by atoms with Gasteiger partial charge in [-0.15, -0.1) is 0 Å². The summed E-state index contributed by atoms with van der Waals surface area (Å²) in [5.41, 5.74) is 4.20. The van der Waals surface area contributed by atoms with E-state index in [0.717, 1.165) is 93.0 Å². The van der Waals surface area contributed by atoms with Crippen molar-refractivity contribution in [3.63, 3.8) is 0 Å². The molecule has 0 spiro atoms. The Balaban J connectivity index is 1.10. The lowest BCUT2D eigenvalue weighted by atomic mass is 9.90. The number of hydrogen-bond acceptors (Lipinski definition) is 5. The van der Waals surface area contributed by atoms with Crippen LogP contribution in [-0.2, 0) is 16.0 Å². The Kier molecular flexibility index (Phi) is 8.77. The molecule has 7 heteroatoms. The molecule has 0 aliphatic carbocycles. The predicted molar refractivity (Wildman–Crippen MR) is 158 cm³/mol. The first kappa shape index (κ1) is 27.1. The fourth-order valence-corrected chi connectivity index (χ4v) is 5.85. The number of carbonyl (C=O) groups excluding carboxylic acids is 2. The Bertz CT molecular complexity index is 1280. The number of benzene rings is 2. The first-order valence-corrected chi connectivity index (χ1v) is 14.5. The zero-order chi connectivity index (χ0) is 27.2. The van der Waals surface area contributed by atoms with Crippen LogP contribution in [0.4, 0.5) is 11.5 Å². The highest BCUT2D eigenvalue weighted by Gasteiger charge is 2.23. The normalized spacial score (nSPS) is 17.0. The van der Waals surface area contributed by atoms with Gasteiger partial charge in [-0.3, -0.25) is 9.59 Å². The summed E-state index contributed by atoms with van der Waals surface area (Å²) in [5.74, 6) is 1.59. The number of rotatable bonds is 8. The Morgan fingerprint density at radius 3 is 2.38 bits per heavy atom. The van der Waals surface area contributed by atoms with E-state index in [9.17, 15) is 9.59 Å². The van der Waals surface area contributed by atoms with Crippen LogP contribution >= 0.6 is 0 Å². The van der Waals surface area contributed by atoms with Crippen LogP contribution < -0.4 is 10.2 Å². The van der Waals surface area contributed by atoms with Crippen LogP contribution in [0.5, 0.6) is 0 Å². The summed E-state index contributed by atoms with van der Waals surface area (Å²) in [6.07, 6.45) is 3.56. The van der Waals surface area contributed by atoms with E-state index in [1.54, 1.807) is 0 Å². The number of anilines is 2. The Morgan fingerprint density at radius 1 is 0.923 bits per heavy atom. The Morgan fingerprint density at radius 2 is 1.67 bits per heavy atom. The average molecular weight is 528 g/mol. The largest absolute Gasteiger partial charge is 0.354 e. The number of likely N-dealkylation sites (tertiary alicyclic amines) is 1. The summed E-state index contributed by atoms with van der Waals surface area (Å²) < 4.78 is 0. The van der Waals surface area contributed by atoms with Gasteiger partial charge in [0.15, 0.2) is 0 Å². The number of piperidine rings is 1. The number of carbonyl (C=O) groups is 2. The monoisotopic (exact) mass is 527 g/mol. The van der Waals surface area contributed by atoms with Crippen molar-refractivity contribution < 1.29 is 9.59 Å². The Hall–Kier alpha value is -3.45. The first-order chi connectivity index (χ1) is 19.0. The molecule has 1 aromatic heterocycles. The number of piperazine rings is 1. The van der Waals surface area contributed by atoms with Gasteiger partial charge in [-0.25, -0.2) is 4.98 Å². The molecular weight excluding hydrogens is 486 g/mol. The number of pyridine rings is 1. The predicted octanol–water partition coefficient (Wildman–Crippen LogP) is 4.89.